The third kappa shape index (κ3) is 13.5. The Labute approximate surface area is 488 Å². The molecule has 83 heavy (non-hydrogen) atoms. The van der Waals surface area contributed by atoms with Gasteiger partial charge in [0.1, 0.15) is 24.9 Å². The van der Waals surface area contributed by atoms with E-state index >= 15 is 0 Å². The van der Waals surface area contributed by atoms with Crippen LogP contribution in [-0.2, 0) is 62.2 Å². The Hall–Kier alpha value is -7.43. The summed E-state index contributed by atoms with van der Waals surface area (Å²) in [5.74, 6) is -0.209. The number of thioether (sulfide) groups is 1. The number of aryl methyl sites for hydroxylation is 1. The number of rotatable bonds is 27. The molecular formula is C61H77N11O10S. The van der Waals surface area contributed by atoms with Gasteiger partial charge in [-0.05, 0) is 134 Å². The molecule has 7 heterocycles. The van der Waals surface area contributed by atoms with Crippen molar-refractivity contribution in [1.29, 1.82) is 0 Å². The Morgan fingerprint density at radius 1 is 0.904 bits per heavy atom. The summed E-state index contributed by atoms with van der Waals surface area (Å²) in [5.41, 5.74) is 4.08. The van der Waals surface area contributed by atoms with Crippen molar-refractivity contribution in [1.82, 2.24) is 49.6 Å². The number of unbranched alkanes of at least 4 members (excludes halogenated alkanes) is 3. The number of carbonyl (C=O) groups is 4. The number of aliphatic hydroxyl groups is 1. The van der Waals surface area contributed by atoms with E-state index in [0.29, 0.717) is 71.2 Å². The van der Waals surface area contributed by atoms with E-state index in [1.54, 1.807) is 81.6 Å². The van der Waals surface area contributed by atoms with Crippen LogP contribution in [0.3, 0.4) is 0 Å². The maximum atomic E-state index is 14.1. The molecule has 6 aromatic rings. The number of benzene rings is 2. The van der Waals surface area contributed by atoms with Crippen LogP contribution in [0.4, 0.5) is 10.5 Å². The van der Waals surface area contributed by atoms with E-state index in [2.05, 4.69) is 56.6 Å². The van der Waals surface area contributed by atoms with Gasteiger partial charge in [0.15, 0.2) is 22.3 Å². The van der Waals surface area contributed by atoms with Crippen molar-refractivity contribution in [2.24, 2.45) is 0 Å². The number of esters is 1. The van der Waals surface area contributed by atoms with Crippen LogP contribution in [0.15, 0.2) is 71.0 Å². The van der Waals surface area contributed by atoms with Crippen molar-refractivity contribution in [2.45, 2.75) is 172 Å². The second-order valence-corrected chi connectivity index (χ2v) is 23.7. The Kier molecular flexibility index (Phi) is 19.2. The smallest absolute Gasteiger partial charge is 0.410 e. The first-order chi connectivity index (χ1) is 40.0. The lowest BCUT2D eigenvalue weighted by Gasteiger charge is -2.31. The number of anilines is 1. The fraction of sp³-hybridized carbons (Fsp3) is 0.508. The van der Waals surface area contributed by atoms with Crippen LogP contribution in [0.2, 0.25) is 0 Å². The van der Waals surface area contributed by atoms with Crippen molar-refractivity contribution in [3.63, 3.8) is 0 Å². The normalized spacial score (nSPS) is 15.5. The molecule has 3 aliphatic heterocycles. The molecule has 0 saturated heterocycles. The van der Waals surface area contributed by atoms with Gasteiger partial charge in [0.05, 0.1) is 35.2 Å². The van der Waals surface area contributed by atoms with Gasteiger partial charge in [-0.3, -0.25) is 19.1 Å². The molecule has 0 fully saturated rings. The number of nitrogens with one attached hydrogen (secondary N) is 2. The van der Waals surface area contributed by atoms with Crippen LogP contribution in [-0.4, -0.2) is 124 Å². The highest BCUT2D eigenvalue weighted by atomic mass is 32.2. The third-order valence-corrected chi connectivity index (χ3v) is 18.0. The number of carbonyl (C=O) groups excluding carboxylic acids is 4. The zero-order chi connectivity index (χ0) is 59.0. The molecule has 0 aliphatic carbocycles. The maximum Gasteiger partial charge on any atom is 0.410 e. The summed E-state index contributed by atoms with van der Waals surface area (Å²) in [6, 6.07) is 11.4. The fourth-order valence-corrected chi connectivity index (χ4v) is 12.1. The van der Waals surface area contributed by atoms with E-state index in [-0.39, 0.29) is 85.2 Å². The summed E-state index contributed by atoms with van der Waals surface area (Å²) in [6.45, 7) is 13.8. The number of hydrogen-bond donors (Lipinski definition) is 3. The minimum atomic E-state index is -1.98. The maximum absolute atomic E-state index is 14.1. The summed E-state index contributed by atoms with van der Waals surface area (Å²) < 4.78 is 26.2. The van der Waals surface area contributed by atoms with Crippen molar-refractivity contribution in [3.05, 3.63) is 99.2 Å². The largest absolute Gasteiger partial charge is 0.458 e. The predicted octanol–water partition coefficient (Wildman–Crippen LogP) is 8.92. The number of ether oxygens (including phenoxy) is 4. The third-order valence-electron chi connectivity index (χ3n) is 16.3. The first-order valence-electron chi connectivity index (χ1n) is 29.1. The van der Waals surface area contributed by atoms with Crippen molar-refractivity contribution in [3.8, 4) is 34.1 Å². The molecule has 4 aromatic heterocycles. The SMILES string of the molecule is CCC(CC)(CC)Sc1ncc(-c2cn(CCCCCC(=O)N[C@@H](CCCCN(C)C)C(=O)Nc3ccc(COC(=O)N(CCc4c5c(nc6cc7c(cc46)OCO7)-c4cc6c(c(=O)n4C5)COC(=O)[C@]6(O)CC)C(C)C)cc3)nn2)cn1. The van der Waals surface area contributed by atoms with Crippen molar-refractivity contribution in [2.75, 3.05) is 39.3 Å². The lowest BCUT2D eigenvalue weighted by molar-refractivity contribution is -0.172. The summed E-state index contributed by atoms with van der Waals surface area (Å²) >= 11 is 1.74. The van der Waals surface area contributed by atoms with Crippen LogP contribution in [0.5, 0.6) is 11.5 Å². The van der Waals surface area contributed by atoms with Gasteiger partial charge in [0.2, 0.25) is 18.6 Å². The fourth-order valence-electron chi connectivity index (χ4n) is 11.0. The number of hydrogen-bond acceptors (Lipinski definition) is 17. The van der Waals surface area contributed by atoms with Crippen LogP contribution in [0.1, 0.15) is 140 Å². The van der Waals surface area contributed by atoms with E-state index in [4.69, 9.17) is 23.9 Å². The average Bonchev–Trinajstić information content (AvgIpc) is 2.85. The van der Waals surface area contributed by atoms with Gasteiger partial charge < -0.3 is 49.1 Å². The zero-order valence-corrected chi connectivity index (χ0v) is 49.7. The zero-order valence-electron chi connectivity index (χ0n) is 48.9. The Morgan fingerprint density at radius 2 is 1.64 bits per heavy atom. The van der Waals surface area contributed by atoms with Gasteiger partial charge in [-0.25, -0.2) is 24.5 Å². The second kappa shape index (κ2) is 26.4. The number of aromatic nitrogens is 7. The highest BCUT2D eigenvalue weighted by molar-refractivity contribution is 8.00. The topological polar surface area (TPSA) is 247 Å². The molecule has 0 unspecified atom stereocenters. The van der Waals surface area contributed by atoms with Crippen LogP contribution in [0.25, 0.3) is 33.5 Å². The van der Waals surface area contributed by atoms with Gasteiger partial charge in [-0.15, -0.1) is 5.10 Å². The molecule has 3 aliphatic rings. The predicted molar refractivity (Wildman–Crippen MR) is 315 cm³/mol. The molecule has 2 atom stereocenters. The highest BCUT2D eigenvalue weighted by Gasteiger charge is 2.46. The average molecular weight is 1160 g/mol. The summed E-state index contributed by atoms with van der Waals surface area (Å²) in [6.07, 6.45) is 13.1. The van der Waals surface area contributed by atoms with Gasteiger partial charge in [0, 0.05) is 76.5 Å². The van der Waals surface area contributed by atoms with Gasteiger partial charge in [-0.1, -0.05) is 63.2 Å². The van der Waals surface area contributed by atoms with Crippen LogP contribution >= 0.6 is 11.8 Å². The van der Waals surface area contributed by atoms with E-state index in [9.17, 15) is 29.1 Å². The first kappa shape index (κ1) is 60.2. The van der Waals surface area contributed by atoms with E-state index < -0.39 is 23.7 Å². The summed E-state index contributed by atoms with van der Waals surface area (Å²) in [5, 5.41) is 27.6. The molecule has 3 amide bonds. The standard InChI is InChI=1S/C61H77N11O10S/c1-9-60(10-2,11-3)83-58-62-31-40(32-63-58)49-34-70(68-67-49)26-16-13-14-19-53(73)65-47(18-15-17-25-69(7)8)55(74)64-41-22-20-39(21-23-41)35-80-59(77)71(38(5)6)27-24-42-43-28-51-52(82-37-81-51)30-48(43)66-54-44(42)33-72-50(54)29-46-45(56(72)75)36-79-57(76)61(46,78)12-4/h20-23,28-32,34,38,47,78H,9-19,24-27,33,35-37H2,1-8H3,(H,64,74)(H,65,73)/t47-,61-/m0/s1. The number of pyridine rings is 2. The molecule has 442 valence electrons. The molecule has 9 rings (SSSR count). The van der Waals surface area contributed by atoms with E-state index in [1.807, 2.05) is 40.2 Å². The molecule has 22 heteroatoms. The van der Waals surface area contributed by atoms with Gasteiger partial charge in [-0.2, -0.15) is 0 Å². The van der Waals surface area contributed by atoms with E-state index in [0.717, 1.165) is 78.7 Å². The Balaban J connectivity index is 0.781. The summed E-state index contributed by atoms with van der Waals surface area (Å²) in [4.78, 5) is 86.0. The number of fused-ring (bicyclic) bond motifs is 6. The van der Waals surface area contributed by atoms with Crippen LogP contribution in [0, 0.1) is 0 Å². The molecule has 0 bridgehead atoms. The second-order valence-electron chi connectivity index (χ2n) is 22.2. The molecule has 2 aromatic carbocycles. The van der Waals surface area contributed by atoms with Crippen LogP contribution < -0.4 is 25.7 Å². The molecule has 21 nitrogen and oxygen atoms in total. The van der Waals surface area contributed by atoms with Crippen molar-refractivity contribution >= 4 is 52.2 Å². The molecule has 0 spiro atoms. The molecule has 0 radical (unpaired) electrons. The number of cyclic esters (lactones) is 1. The molecule has 0 saturated carbocycles. The molecule has 3 N–H and O–H groups in total. The Bertz CT molecular complexity index is 3370. The van der Waals surface area contributed by atoms with Gasteiger partial charge >= 0.3 is 12.1 Å². The minimum Gasteiger partial charge on any atom is -0.458 e. The number of amides is 3. The highest BCUT2D eigenvalue weighted by Crippen LogP contribution is 2.44. The molecular weight excluding hydrogens is 1080 g/mol. The Morgan fingerprint density at radius 3 is 2.34 bits per heavy atom. The number of nitrogens with zero attached hydrogens (tertiary/aromatic N) is 9. The van der Waals surface area contributed by atoms with E-state index in [1.165, 1.54) is 0 Å². The lowest BCUT2D eigenvalue weighted by atomic mass is 9.86. The van der Waals surface area contributed by atoms with Crippen molar-refractivity contribution < 1.29 is 43.2 Å². The lowest BCUT2D eigenvalue weighted by Crippen LogP contribution is -2.44. The quantitative estimate of drug-likeness (QED) is 0.0188. The van der Waals surface area contributed by atoms with Gasteiger partial charge in [0.25, 0.3) is 5.56 Å². The first-order valence-corrected chi connectivity index (χ1v) is 29.9. The monoisotopic (exact) mass is 1160 g/mol. The summed E-state index contributed by atoms with van der Waals surface area (Å²) in [7, 11) is 4.01. The minimum absolute atomic E-state index is 0.0177.